The van der Waals surface area contributed by atoms with E-state index in [9.17, 15) is 5.11 Å². The van der Waals surface area contributed by atoms with Crippen LogP contribution in [0.15, 0.2) is 30.5 Å². The van der Waals surface area contributed by atoms with Gasteiger partial charge >= 0.3 is 0 Å². The number of aromatic nitrogens is 1. The molecule has 0 saturated carbocycles. The first-order chi connectivity index (χ1) is 14.0. The number of aliphatic hydroxyl groups is 1. The van der Waals surface area contributed by atoms with Crippen LogP contribution in [0.5, 0.6) is 0 Å². The van der Waals surface area contributed by atoms with Gasteiger partial charge in [0.15, 0.2) is 0 Å². The van der Waals surface area contributed by atoms with Crippen LogP contribution in [0.1, 0.15) is 38.2 Å². The van der Waals surface area contributed by atoms with Crippen LogP contribution < -0.4 is 10.2 Å². The van der Waals surface area contributed by atoms with Crippen LogP contribution >= 0.6 is 0 Å². The summed E-state index contributed by atoms with van der Waals surface area (Å²) in [5, 5.41) is 15.5. The van der Waals surface area contributed by atoms with E-state index in [1.807, 2.05) is 12.3 Å². The number of nitrogens with zero attached hydrogens (tertiary/aromatic N) is 3. The lowest BCUT2D eigenvalue weighted by Crippen LogP contribution is -2.52. The van der Waals surface area contributed by atoms with Crippen molar-refractivity contribution in [2.45, 2.75) is 51.8 Å². The SMILES string of the molecule is Cc1ccc(N2C[C@@H](C)C[C@@H](NC(O)CC3CCN(C)CC3)C2)c2cccnc12. The van der Waals surface area contributed by atoms with Crippen molar-refractivity contribution in [2.24, 2.45) is 11.8 Å². The summed E-state index contributed by atoms with van der Waals surface area (Å²) in [5.41, 5.74) is 3.58. The molecule has 29 heavy (non-hydrogen) atoms. The summed E-state index contributed by atoms with van der Waals surface area (Å²) < 4.78 is 0. The lowest BCUT2D eigenvalue weighted by molar-refractivity contribution is 0.0733. The molecule has 1 aromatic heterocycles. The fraction of sp³-hybridized carbons (Fsp3) is 0.625. The number of aliphatic hydroxyl groups excluding tert-OH is 1. The third-order valence-corrected chi connectivity index (χ3v) is 6.77. The number of benzene rings is 1. The van der Waals surface area contributed by atoms with E-state index in [2.05, 4.69) is 59.2 Å². The van der Waals surface area contributed by atoms with Crippen LogP contribution in [-0.2, 0) is 0 Å². The van der Waals surface area contributed by atoms with Crippen LogP contribution in [0.2, 0.25) is 0 Å². The summed E-state index contributed by atoms with van der Waals surface area (Å²) in [6, 6.07) is 8.94. The molecule has 2 aliphatic heterocycles. The van der Waals surface area contributed by atoms with Gasteiger partial charge in [-0.2, -0.15) is 0 Å². The molecule has 3 heterocycles. The normalized spacial score (nSPS) is 25.4. The van der Waals surface area contributed by atoms with Gasteiger partial charge in [0.25, 0.3) is 0 Å². The minimum absolute atomic E-state index is 0.313. The highest BCUT2D eigenvalue weighted by Crippen LogP contribution is 2.31. The molecule has 158 valence electrons. The third kappa shape index (κ3) is 4.90. The van der Waals surface area contributed by atoms with Gasteiger partial charge in [-0.3, -0.25) is 10.3 Å². The minimum Gasteiger partial charge on any atom is -0.379 e. The molecule has 4 rings (SSSR count). The second-order valence-electron chi connectivity index (χ2n) is 9.41. The largest absolute Gasteiger partial charge is 0.379 e. The summed E-state index contributed by atoms with van der Waals surface area (Å²) in [7, 11) is 2.19. The van der Waals surface area contributed by atoms with Crippen molar-refractivity contribution in [1.82, 2.24) is 15.2 Å². The number of anilines is 1. The Labute approximate surface area is 175 Å². The molecular weight excluding hydrogens is 360 g/mol. The average Bonchev–Trinajstić information content (AvgIpc) is 2.70. The van der Waals surface area contributed by atoms with Gasteiger partial charge in [-0.25, -0.2) is 0 Å². The summed E-state index contributed by atoms with van der Waals surface area (Å²) >= 11 is 0. The molecular formula is C24H36N4O. The Balaban J connectivity index is 1.43. The lowest BCUT2D eigenvalue weighted by Gasteiger charge is -2.40. The third-order valence-electron chi connectivity index (χ3n) is 6.77. The number of pyridine rings is 1. The second-order valence-corrected chi connectivity index (χ2v) is 9.41. The van der Waals surface area contributed by atoms with Crippen LogP contribution in [0.25, 0.3) is 10.9 Å². The van der Waals surface area contributed by atoms with E-state index in [0.717, 1.165) is 44.5 Å². The molecule has 2 fully saturated rings. The number of likely N-dealkylation sites (tertiary alicyclic amines) is 1. The molecule has 2 aromatic rings. The van der Waals surface area contributed by atoms with Gasteiger partial charge in [0.05, 0.1) is 5.52 Å². The highest BCUT2D eigenvalue weighted by atomic mass is 16.3. The van der Waals surface area contributed by atoms with Gasteiger partial charge in [0.1, 0.15) is 6.23 Å². The number of hydrogen-bond donors (Lipinski definition) is 2. The first-order valence-electron chi connectivity index (χ1n) is 11.2. The molecule has 2 N–H and O–H groups in total. The van der Waals surface area contributed by atoms with Crippen molar-refractivity contribution in [2.75, 3.05) is 38.1 Å². The van der Waals surface area contributed by atoms with Crippen molar-refractivity contribution >= 4 is 16.6 Å². The van der Waals surface area contributed by atoms with E-state index < -0.39 is 6.23 Å². The molecule has 0 aliphatic carbocycles. The fourth-order valence-corrected chi connectivity index (χ4v) is 5.20. The second kappa shape index (κ2) is 8.99. The summed E-state index contributed by atoms with van der Waals surface area (Å²) in [4.78, 5) is 9.48. The number of fused-ring (bicyclic) bond motifs is 1. The Hall–Kier alpha value is -1.69. The standard InChI is InChI=1S/C24H36N4O/c1-17-13-20(26-23(29)14-19-8-11-27(3)12-9-19)16-28(15-17)22-7-6-18(2)24-21(22)5-4-10-25-24/h4-7,10,17,19-20,23,26,29H,8-9,11-16H2,1-3H3/t17-,20+,23?/m0/s1. The van der Waals surface area contributed by atoms with Crippen LogP contribution in [0, 0.1) is 18.8 Å². The molecule has 2 aliphatic rings. The van der Waals surface area contributed by atoms with Crippen molar-refractivity contribution in [1.29, 1.82) is 0 Å². The molecule has 1 aromatic carbocycles. The highest BCUT2D eigenvalue weighted by Gasteiger charge is 2.28. The molecule has 5 heteroatoms. The fourth-order valence-electron chi connectivity index (χ4n) is 5.20. The minimum atomic E-state index is -0.406. The van der Waals surface area contributed by atoms with Crippen molar-refractivity contribution < 1.29 is 5.11 Å². The Morgan fingerprint density at radius 3 is 2.79 bits per heavy atom. The van der Waals surface area contributed by atoms with Gasteiger partial charge in [-0.15, -0.1) is 0 Å². The van der Waals surface area contributed by atoms with Gasteiger partial charge < -0.3 is 14.9 Å². The Morgan fingerprint density at radius 1 is 1.21 bits per heavy atom. The summed E-state index contributed by atoms with van der Waals surface area (Å²) in [5.74, 6) is 1.22. The topological polar surface area (TPSA) is 51.6 Å². The Kier molecular flexibility index (Phi) is 6.38. The van der Waals surface area contributed by atoms with Crippen LogP contribution in [0.4, 0.5) is 5.69 Å². The monoisotopic (exact) mass is 396 g/mol. The van der Waals surface area contributed by atoms with Gasteiger partial charge in [0, 0.05) is 36.4 Å². The number of piperidine rings is 2. The first kappa shape index (κ1) is 20.6. The number of hydrogen-bond acceptors (Lipinski definition) is 5. The summed E-state index contributed by atoms with van der Waals surface area (Å²) in [6.45, 7) is 8.74. The number of aryl methyl sites for hydroxylation is 1. The molecule has 1 unspecified atom stereocenters. The van der Waals surface area contributed by atoms with Crippen molar-refractivity contribution in [3.05, 3.63) is 36.0 Å². The van der Waals surface area contributed by atoms with E-state index >= 15 is 0 Å². The number of nitrogens with one attached hydrogen (secondary N) is 1. The van der Waals surface area contributed by atoms with E-state index in [4.69, 9.17) is 0 Å². The zero-order valence-electron chi connectivity index (χ0n) is 18.1. The average molecular weight is 397 g/mol. The van der Waals surface area contributed by atoms with Crippen LogP contribution in [-0.4, -0.2) is 60.5 Å². The molecule has 0 spiro atoms. The van der Waals surface area contributed by atoms with E-state index in [0.29, 0.717) is 17.9 Å². The molecule has 0 bridgehead atoms. The highest BCUT2D eigenvalue weighted by molar-refractivity contribution is 5.93. The zero-order valence-corrected chi connectivity index (χ0v) is 18.1. The quantitative estimate of drug-likeness (QED) is 0.759. The van der Waals surface area contributed by atoms with Crippen molar-refractivity contribution in [3.63, 3.8) is 0 Å². The lowest BCUT2D eigenvalue weighted by atomic mass is 9.91. The van der Waals surface area contributed by atoms with E-state index in [-0.39, 0.29) is 0 Å². The first-order valence-corrected chi connectivity index (χ1v) is 11.2. The summed E-state index contributed by atoms with van der Waals surface area (Å²) in [6.07, 6.45) is 5.85. The van der Waals surface area contributed by atoms with E-state index in [1.165, 1.54) is 29.5 Å². The molecule has 5 nitrogen and oxygen atoms in total. The molecule has 0 amide bonds. The predicted octanol–water partition coefficient (Wildman–Crippen LogP) is 3.40. The van der Waals surface area contributed by atoms with E-state index in [1.54, 1.807) is 0 Å². The smallest absolute Gasteiger partial charge is 0.105 e. The van der Waals surface area contributed by atoms with Crippen molar-refractivity contribution in [3.8, 4) is 0 Å². The maximum atomic E-state index is 10.7. The van der Waals surface area contributed by atoms with Gasteiger partial charge in [-0.1, -0.05) is 13.0 Å². The maximum absolute atomic E-state index is 10.7. The van der Waals surface area contributed by atoms with Crippen LogP contribution in [0.3, 0.4) is 0 Å². The molecule has 2 saturated heterocycles. The zero-order chi connectivity index (χ0) is 20.4. The predicted molar refractivity (Wildman–Crippen MR) is 120 cm³/mol. The number of rotatable bonds is 5. The molecule has 3 atom stereocenters. The Bertz CT molecular complexity index is 818. The van der Waals surface area contributed by atoms with Gasteiger partial charge in [-0.05, 0) is 88.3 Å². The Morgan fingerprint density at radius 2 is 2.00 bits per heavy atom. The van der Waals surface area contributed by atoms with Gasteiger partial charge in [0.2, 0.25) is 0 Å². The molecule has 0 radical (unpaired) electrons. The maximum Gasteiger partial charge on any atom is 0.105 e.